The Morgan fingerprint density at radius 1 is 1.00 bits per heavy atom. The molecule has 2 aromatic rings. The number of nitro groups is 2. The number of phenolic OH excluding ortho intramolecular Hbond substituents is 1. The third kappa shape index (κ3) is 2.88. The number of phenols is 1. The molecule has 22 heavy (non-hydrogen) atoms. The molecule has 0 bridgehead atoms. The highest BCUT2D eigenvalue weighted by Crippen LogP contribution is 2.38. The van der Waals surface area contributed by atoms with E-state index in [-0.39, 0.29) is 23.0 Å². The van der Waals surface area contributed by atoms with Gasteiger partial charge < -0.3 is 5.11 Å². The van der Waals surface area contributed by atoms with Crippen molar-refractivity contribution < 1.29 is 15.0 Å². The molecule has 0 atom stereocenters. The first-order chi connectivity index (χ1) is 10.3. The highest BCUT2D eigenvalue weighted by Gasteiger charge is 2.20. The Morgan fingerprint density at radius 3 is 2.00 bits per heavy atom. The standard InChI is InChI=1S/C15H14N2O5/c1-9(2)15-13(4-3-5-14(15)18)10-6-11(16(19)20)8-12(7-10)17(21)22/h3-9,18H,1-2H3. The SMILES string of the molecule is CC(C)c1c(O)cccc1-c1cc([N+](=O)[O-])cc([N+](=O)[O-])c1. The van der Waals surface area contributed by atoms with Gasteiger partial charge in [0.25, 0.3) is 11.4 Å². The Hall–Kier alpha value is -2.96. The Morgan fingerprint density at radius 2 is 1.55 bits per heavy atom. The van der Waals surface area contributed by atoms with Crippen LogP contribution in [0.3, 0.4) is 0 Å². The van der Waals surface area contributed by atoms with Gasteiger partial charge in [-0.3, -0.25) is 20.2 Å². The van der Waals surface area contributed by atoms with Crippen molar-refractivity contribution in [2.75, 3.05) is 0 Å². The predicted molar refractivity (Wildman–Crippen MR) is 80.9 cm³/mol. The Balaban J connectivity index is 2.75. The number of rotatable bonds is 4. The summed E-state index contributed by atoms with van der Waals surface area (Å²) in [7, 11) is 0. The molecule has 2 aromatic carbocycles. The first-order valence-electron chi connectivity index (χ1n) is 6.57. The molecule has 0 aliphatic rings. The monoisotopic (exact) mass is 302 g/mol. The fraction of sp³-hybridized carbons (Fsp3) is 0.200. The minimum Gasteiger partial charge on any atom is -0.508 e. The third-order valence-electron chi connectivity index (χ3n) is 3.30. The number of nitro benzene ring substituents is 2. The van der Waals surface area contributed by atoms with Crippen LogP contribution >= 0.6 is 0 Å². The van der Waals surface area contributed by atoms with Gasteiger partial charge in [0, 0.05) is 17.7 Å². The van der Waals surface area contributed by atoms with Gasteiger partial charge in [-0.05, 0) is 23.1 Å². The van der Waals surface area contributed by atoms with Crippen LogP contribution in [0.15, 0.2) is 36.4 Å². The molecule has 0 saturated heterocycles. The maximum absolute atomic E-state index is 11.0. The van der Waals surface area contributed by atoms with Gasteiger partial charge in [-0.2, -0.15) is 0 Å². The van der Waals surface area contributed by atoms with E-state index in [9.17, 15) is 25.3 Å². The van der Waals surface area contributed by atoms with Gasteiger partial charge in [-0.25, -0.2) is 0 Å². The van der Waals surface area contributed by atoms with Crippen LogP contribution in [-0.2, 0) is 0 Å². The van der Waals surface area contributed by atoms with Crippen molar-refractivity contribution in [3.63, 3.8) is 0 Å². The third-order valence-corrected chi connectivity index (χ3v) is 3.30. The van der Waals surface area contributed by atoms with Crippen molar-refractivity contribution in [1.82, 2.24) is 0 Å². The van der Waals surface area contributed by atoms with Crippen molar-refractivity contribution in [1.29, 1.82) is 0 Å². The minimum absolute atomic E-state index is 0.0467. The van der Waals surface area contributed by atoms with Crippen molar-refractivity contribution in [2.24, 2.45) is 0 Å². The summed E-state index contributed by atoms with van der Waals surface area (Å²) in [6.07, 6.45) is 0. The lowest BCUT2D eigenvalue weighted by atomic mass is 9.91. The van der Waals surface area contributed by atoms with Crippen molar-refractivity contribution in [2.45, 2.75) is 19.8 Å². The second-order valence-electron chi connectivity index (χ2n) is 5.15. The molecule has 2 rings (SSSR count). The molecule has 7 nitrogen and oxygen atoms in total. The molecule has 0 radical (unpaired) electrons. The van der Waals surface area contributed by atoms with Gasteiger partial charge in [0.1, 0.15) is 5.75 Å². The Labute approximate surface area is 126 Å². The molecule has 1 N–H and O–H groups in total. The average Bonchev–Trinajstić information content (AvgIpc) is 2.45. The second-order valence-corrected chi connectivity index (χ2v) is 5.15. The molecule has 0 saturated carbocycles. The van der Waals surface area contributed by atoms with E-state index in [0.29, 0.717) is 16.7 Å². The van der Waals surface area contributed by atoms with Gasteiger partial charge >= 0.3 is 0 Å². The molecule has 0 aromatic heterocycles. The van der Waals surface area contributed by atoms with Gasteiger partial charge in [0.15, 0.2) is 0 Å². The van der Waals surface area contributed by atoms with Crippen LogP contribution in [0.4, 0.5) is 11.4 Å². The summed E-state index contributed by atoms with van der Waals surface area (Å²) in [4.78, 5) is 20.6. The van der Waals surface area contributed by atoms with Gasteiger partial charge in [-0.1, -0.05) is 26.0 Å². The molecular weight excluding hydrogens is 288 g/mol. The molecule has 114 valence electrons. The zero-order chi connectivity index (χ0) is 16.4. The number of benzene rings is 2. The zero-order valence-corrected chi connectivity index (χ0v) is 12.0. The quantitative estimate of drug-likeness (QED) is 0.678. The van der Waals surface area contributed by atoms with Crippen LogP contribution in [-0.4, -0.2) is 15.0 Å². The topological polar surface area (TPSA) is 107 Å². The highest BCUT2D eigenvalue weighted by molar-refractivity contribution is 5.74. The Kier molecular flexibility index (Phi) is 4.07. The van der Waals surface area contributed by atoms with E-state index in [2.05, 4.69) is 0 Å². The molecule has 0 fully saturated rings. The number of non-ortho nitro benzene ring substituents is 2. The molecule has 0 amide bonds. The average molecular weight is 302 g/mol. The lowest BCUT2D eigenvalue weighted by Gasteiger charge is -2.14. The zero-order valence-electron chi connectivity index (χ0n) is 12.0. The molecule has 0 unspecified atom stereocenters. The van der Waals surface area contributed by atoms with Crippen LogP contribution in [0.5, 0.6) is 5.75 Å². The molecular formula is C15H14N2O5. The number of aromatic hydroxyl groups is 1. The molecule has 0 spiro atoms. The largest absolute Gasteiger partial charge is 0.508 e. The van der Waals surface area contributed by atoms with Gasteiger partial charge in [-0.15, -0.1) is 0 Å². The molecule has 0 aliphatic heterocycles. The summed E-state index contributed by atoms with van der Waals surface area (Å²) in [5.41, 5.74) is 0.754. The summed E-state index contributed by atoms with van der Waals surface area (Å²) in [6, 6.07) is 8.26. The van der Waals surface area contributed by atoms with Crippen molar-refractivity contribution in [3.8, 4) is 16.9 Å². The van der Waals surface area contributed by atoms with E-state index >= 15 is 0 Å². The molecule has 7 heteroatoms. The lowest BCUT2D eigenvalue weighted by molar-refractivity contribution is -0.394. The van der Waals surface area contributed by atoms with Crippen LogP contribution in [0, 0.1) is 20.2 Å². The molecule has 0 heterocycles. The second kappa shape index (κ2) is 5.80. The number of nitrogens with zero attached hydrogens (tertiary/aromatic N) is 2. The number of hydrogen-bond donors (Lipinski definition) is 1. The fourth-order valence-electron chi connectivity index (χ4n) is 2.37. The highest BCUT2D eigenvalue weighted by atomic mass is 16.6. The van der Waals surface area contributed by atoms with E-state index in [4.69, 9.17) is 0 Å². The van der Waals surface area contributed by atoms with E-state index in [0.717, 1.165) is 6.07 Å². The van der Waals surface area contributed by atoms with E-state index in [1.807, 2.05) is 13.8 Å². The van der Waals surface area contributed by atoms with Crippen molar-refractivity contribution >= 4 is 11.4 Å². The van der Waals surface area contributed by atoms with Gasteiger partial charge in [0.05, 0.1) is 15.9 Å². The van der Waals surface area contributed by atoms with Crippen LogP contribution in [0.2, 0.25) is 0 Å². The summed E-state index contributed by atoms with van der Waals surface area (Å²) in [6.45, 7) is 3.73. The van der Waals surface area contributed by atoms with Crippen LogP contribution in [0.1, 0.15) is 25.3 Å². The molecule has 0 aliphatic carbocycles. The summed E-state index contributed by atoms with van der Waals surface area (Å²) < 4.78 is 0. The van der Waals surface area contributed by atoms with E-state index in [1.165, 1.54) is 18.2 Å². The first-order valence-corrected chi connectivity index (χ1v) is 6.57. The Bertz CT molecular complexity index is 723. The minimum atomic E-state index is -0.672. The first kappa shape index (κ1) is 15.4. The summed E-state index contributed by atoms with van der Waals surface area (Å²) in [5, 5.41) is 32.0. The fourth-order valence-corrected chi connectivity index (χ4v) is 2.37. The van der Waals surface area contributed by atoms with Crippen LogP contribution in [0.25, 0.3) is 11.1 Å². The lowest BCUT2D eigenvalue weighted by Crippen LogP contribution is -1.97. The smallest absolute Gasteiger partial charge is 0.276 e. The van der Waals surface area contributed by atoms with Gasteiger partial charge in [0.2, 0.25) is 0 Å². The number of hydrogen-bond acceptors (Lipinski definition) is 5. The maximum atomic E-state index is 11.0. The predicted octanol–water partition coefficient (Wildman–Crippen LogP) is 4.00. The van der Waals surface area contributed by atoms with Crippen LogP contribution < -0.4 is 0 Å². The maximum Gasteiger partial charge on any atom is 0.276 e. The normalized spacial score (nSPS) is 10.7. The summed E-state index contributed by atoms with van der Waals surface area (Å²) in [5.74, 6) is 0.0103. The summed E-state index contributed by atoms with van der Waals surface area (Å²) >= 11 is 0. The van der Waals surface area contributed by atoms with Crippen molar-refractivity contribution in [3.05, 3.63) is 62.2 Å². The van der Waals surface area contributed by atoms with E-state index < -0.39 is 9.85 Å². The van der Waals surface area contributed by atoms with E-state index in [1.54, 1.807) is 12.1 Å².